The molecule has 0 atom stereocenters. The molecule has 1 amide bonds. The molecule has 1 aromatic carbocycles. The Morgan fingerprint density at radius 2 is 2.10 bits per heavy atom. The van der Waals surface area contributed by atoms with E-state index in [0.717, 1.165) is 0 Å². The highest BCUT2D eigenvalue weighted by Crippen LogP contribution is 2.30. The molecule has 0 saturated heterocycles. The number of carbonyl (C=O) groups excluding carboxylic acids is 2. The lowest BCUT2D eigenvalue weighted by molar-refractivity contribution is -0.132. The molecule has 13 heteroatoms. The number of ether oxygens (including phenoxy) is 2. The zero-order chi connectivity index (χ0) is 22.5. The average molecular weight is 428 g/mol. The number of para-hydroxylation sites is 1. The Labute approximate surface area is 176 Å². The highest BCUT2D eigenvalue weighted by atomic mass is 16.6. The number of nitrogens with two attached hydrogens (primary N) is 1. The van der Waals surface area contributed by atoms with Gasteiger partial charge in [-0.05, 0) is 28.4 Å². The summed E-state index contributed by atoms with van der Waals surface area (Å²) in [6, 6.07) is 4.96. The number of amides is 1. The van der Waals surface area contributed by atoms with E-state index in [-0.39, 0.29) is 29.0 Å². The maximum atomic E-state index is 12.7. The van der Waals surface area contributed by atoms with Crippen molar-refractivity contribution in [1.82, 2.24) is 30.7 Å². The minimum absolute atomic E-state index is 0.00723. The topological polar surface area (TPSA) is 173 Å². The van der Waals surface area contributed by atoms with Crippen molar-refractivity contribution in [3.05, 3.63) is 35.2 Å². The van der Waals surface area contributed by atoms with Gasteiger partial charge in [-0.15, -0.1) is 5.10 Å². The van der Waals surface area contributed by atoms with Crippen LogP contribution in [0, 0.1) is 0 Å². The second-order valence-electron chi connectivity index (χ2n) is 6.53. The number of methoxy groups -OCH3 is 1. The standard InChI is InChI=1S/C18H20N8O5/c1-9(2)14-13(21-25-26(14)17-16(19)23-31-24-17)18(28)22-20-8-11-6-5-7-12(29-4)15(11)30-10(3)27/h5-9H,1-4H3,(H2,19,23)(H,22,28). The minimum atomic E-state index is -0.613. The third-order valence-corrected chi connectivity index (χ3v) is 4.01. The number of hydrogen-bond acceptors (Lipinski definition) is 11. The zero-order valence-electron chi connectivity index (χ0n) is 17.2. The first-order valence-corrected chi connectivity index (χ1v) is 9.06. The second-order valence-corrected chi connectivity index (χ2v) is 6.53. The van der Waals surface area contributed by atoms with Gasteiger partial charge in [-0.2, -0.15) is 9.78 Å². The quantitative estimate of drug-likeness (QED) is 0.240. The van der Waals surface area contributed by atoms with Crippen molar-refractivity contribution in [3.63, 3.8) is 0 Å². The lowest BCUT2D eigenvalue weighted by atomic mass is 10.1. The number of anilines is 1. The van der Waals surface area contributed by atoms with Crippen molar-refractivity contribution in [1.29, 1.82) is 0 Å². The molecule has 0 aliphatic carbocycles. The largest absolute Gasteiger partial charge is 0.493 e. The highest BCUT2D eigenvalue weighted by molar-refractivity contribution is 5.95. The van der Waals surface area contributed by atoms with Crippen LogP contribution in [0.25, 0.3) is 5.82 Å². The molecule has 0 aliphatic heterocycles. The molecular formula is C18H20N8O5. The van der Waals surface area contributed by atoms with Gasteiger partial charge in [0.1, 0.15) is 0 Å². The van der Waals surface area contributed by atoms with E-state index in [1.807, 2.05) is 13.8 Å². The second kappa shape index (κ2) is 9.02. The third-order valence-electron chi connectivity index (χ3n) is 4.01. The molecule has 0 radical (unpaired) electrons. The summed E-state index contributed by atoms with van der Waals surface area (Å²) >= 11 is 0. The number of hydrogen-bond donors (Lipinski definition) is 2. The maximum Gasteiger partial charge on any atom is 0.308 e. The monoisotopic (exact) mass is 428 g/mol. The van der Waals surface area contributed by atoms with Crippen molar-refractivity contribution in [2.24, 2.45) is 5.10 Å². The van der Waals surface area contributed by atoms with Crippen LogP contribution in [0.15, 0.2) is 27.9 Å². The van der Waals surface area contributed by atoms with Crippen LogP contribution in [0.1, 0.15) is 48.4 Å². The van der Waals surface area contributed by atoms with Crippen molar-refractivity contribution in [3.8, 4) is 17.3 Å². The number of nitrogens with one attached hydrogen (secondary N) is 1. The summed E-state index contributed by atoms with van der Waals surface area (Å²) < 4.78 is 16.3. The molecule has 3 N–H and O–H groups in total. The molecular weight excluding hydrogens is 408 g/mol. The molecule has 3 rings (SSSR count). The first-order valence-electron chi connectivity index (χ1n) is 9.06. The van der Waals surface area contributed by atoms with Crippen LogP contribution in [0.3, 0.4) is 0 Å². The summed E-state index contributed by atoms with van der Waals surface area (Å²) in [5.41, 5.74) is 8.98. The Bertz CT molecular complexity index is 1130. The minimum Gasteiger partial charge on any atom is -0.493 e. The summed E-state index contributed by atoms with van der Waals surface area (Å²) in [6.07, 6.45) is 1.32. The van der Waals surface area contributed by atoms with Gasteiger partial charge >= 0.3 is 5.97 Å². The Kier molecular flexibility index (Phi) is 6.23. The number of aromatic nitrogens is 5. The van der Waals surface area contributed by atoms with Crippen molar-refractivity contribution >= 4 is 23.9 Å². The normalized spacial score (nSPS) is 11.1. The summed E-state index contributed by atoms with van der Waals surface area (Å²) in [5, 5.41) is 19.0. The van der Waals surface area contributed by atoms with Crippen molar-refractivity contribution in [2.45, 2.75) is 26.7 Å². The van der Waals surface area contributed by atoms with E-state index >= 15 is 0 Å². The van der Waals surface area contributed by atoms with Crippen LogP contribution >= 0.6 is 0 Å². The van der Waals surface area contributed by atoms with E-state index in [1.165, 1.54) is 24.9 Å². The molecule has 0 fully saturated rings. The third kappa shape index (κ3) is 4.49. The van der Waals surface area contributed by atoms with Gasteiger partial charge in [-0.25, -0.2) is 10.1 Å². The number of hydrazone groups is 1. The summed E-state index contributed by atoms with van der Waals surface area (Å²) in [6.45, 7) is 4.96. The van der Waals surface area contributed by atoms with Gasteiger partial charge in [0.05, 0.1) is 19.0 Å². The van der Waals surface area contributed by atoms with Crippen LogP contribution in [-0.2, 0) is 4.79 Å². The van der Waals surface area contributed by atoms with Gasteiger partial charge in [0.2, 0.25) is 11.6 Å². The Morgan fingerprint density at radius 3 is 2.71 bits per heavy atom. The number of benzene rings is 1. The van der Waals surface area contributed by atoms with E-state index in [9.17, 15) is 9.59 Å². The summed E-state index contributed by atoms with van der Waals surface area (Å²) in [7, 11) is 1.44. The van der Waals surface area contributed by atoms with Gasteiger partial charge in [0, 0.05) is 12.5 Å². The SMILES string of the molecule is COc1cccc(C=NNC(=O)c2nnn(-c3nonc3N)c2C(C)C)c1OC(C)=O. The van der Waals surface area contributed by atoms with Crippen molar-refractivity contribution in [2.75, 3.05) is 12.8 Å². The Morgan fingerprint density at radius 1 is 1.32 bits per heavy atom. The number of esters is 1. The van der Waals surface area contributed by atoms with Gasteiger partial charge in [-0.1, -0.05) is 25.1 Å². The fourth-order valence-corrected chi connectivity index (χ4v) is 2.72. The number of carbonyl (C=O) groups is 2. The molecule has 31 heavy (non-hydrogen) atoms. The van der Waals surface area contributed by atoms with Crippen LogP contribution in [-0.4, -0.2) is 50.5 Å². The van der Waals surface area contributed by atoms with Gasteiger partial charge in [-0.3, -0.25) is 9.59 Å². The highest BCUT2D eigenvalue weighted by Gasteiger charge is 2.25. The molecule has 0 spiro atoms. The molecule has 2 heterocycles. The van der Waals surface area contributed by atoms with E-state index < -0.39 is 11.9 Å². The Hall–Kier alpha value is -4.29. The predicted octanol–water partition coefficient (Wildman–Crippen LogP) is 1.05. The molecule has 13 nitrogen and oxygen atoms in total. The van der Waals surface area contributed by atoms with E-state index in [0.29, 0.717) is 17.0 Å². The van der Waals surface area contributed by atoms with Crippen molar-refractivity contribution < 1.29 is 23.7 Å². The van der Waals surface area contributed by atoms with Crippen LogP contribution in [0.5, 0.6) is 11.5 Å². The molecule has 2 aromatic heterocycles. The van der Waals surface area contributed by atoms with Gasteiger partial charge in [0.25, 0.3) is 5.91 Å². The fourth-order valence-electron chi connectivity index (χ4n) is 2.72. The number of nitrogens with zero attached hydrogens (tertiary/aromatic N) is 6. The van der Waals surface area contributed by atoms with E-state index in [1.54, 1.807) is 18.2 Å². The van der Waals surface area contributed by atoms with E-state index in [2.05, 4.69) is 35.8 Å². The number of nitrogen functional groups attached to an aromatic ring is 1. The molecule has 3 aromatic rings. The lowest BCUT2D eigenvalue weighted by Gasteiger charge is -2.10. The van der Waals surface area contributed by atoms with Gasteiger partial charge in [0.15, 0.2) is 17.2 Å². The van der Waals surface area contributed by atoms with Crippen LogP contribution in [0.4, 0.5) is 5.82 Å². The van der Waals surface area contributed by atoms with Gasteiger partial charge < -0.3 is 15.2 Å². The molecule has 0 saturated carbocycles. The maximum absolute atomic E-state index is 12.7. The van der Waals surface area contributed by atoms with E-state index in [4.69, 9.17) is 15.2 Å². The zero-order valence-corrected chi connectivity index (χ0v) is 17.2. The first kappa shape index (κ1) is 21.4. The predicted molar refractivity (Wildman–Crippen MR) is 107 cm³/mol. The molecule has 162 valence electrons. The smallest absolute Gasteiger partial charge is 0.308 e. The summed E-state index contributed by atoms with van der Waals surface area (Å²) in [4.78, 5) is 24.1. The molecule has 0 bridgehead atoms. The fraction of sp³-hybridized carbons (Fsp3) is 0.278. The summed E-state index contributed by atoms with van der Waals surface area (Å²) in [5.74, 6) is -0.646. The first-order chi connectivity index (χ1) is 14.8. The average Bonchev–Trinajstić information content (AvgIpc) is 3.34. The Balaban J connectivity index is 1.85. The lowest BCUT2D eigenvalue weighted by Crippen LogP contribution is -2.21. The van der Waals surface area contributed by atoms with Crippen LogP contribution < -0.4 is 20.6 Å². The number of rotatable bonds is 7. The molecule has 0 aliphatic rings. The van der Waals surface area contributed by atoms with Crippen LogP contribution in [0.2, 0.25) is 0 Å². The molecule has 0 unspecified atom stereocenters.